The molecule has 0 aliphatic rings. The van der Waals surface area contributed by atoms with Crippen LogP contribution in [0.3, 0.4) is 0 Å². The van der Waals surface area contributed by atoms with Crippen LogP contribution in [0.5, 0.6) is 5.75 Å². The van der Waals surface area contributed by atoms with E-state index in [1.54, 1.807) is 12.1 Å². The van der Waals surface area contributed by atoms with E-state index in [0.29, 0.717) is 10.8 Å². The van der Waals surface area contributed by atoms with Gasteiger partial charge in [-0.3, -0.25) is 4.79 Å². The molecule has 1 amide bonds. The molecule has 0 aliphatic heterocycles. The molecule has 3 nitrogen and oxygen atoms in total. The Kier molecular flexibility index (Phi) is 6.04. The molecule has 1 N–H and O–H groups in total. The number of carbonyl (C=O) groups excluding carboxylic acids is 1. The maximum atomic E-state index is 11.7. The molecule has 0 saturated heterocycles. The van der Waals surface area contributed by atoms with Gasteiger partial charge in [0.1, 0.15) is 12.4 Å². The summed E-state index contributed by atoms with van der Waals surface area (Å²) in [5, 5.41) is 3.28. The number of anilines is 1. The number of nitrogens with one attached hydrogen (secondary N) is 1. The third-order valence-electron chi connectivity index (χ3n) is 2.86. The van der Waals surface area contributed by atoms with Gasteiger partial charge >= 0.3 is 0 Å². The first-order chi connectivity index (χ1) is 10.6. The van der Waals surface area contributed by atoms with E-state index in [2.05, 4.69) is 21.2 Å². The molecule has 0 spiro atoms. The molecule has 5 heteroatoms. The molecule has 0 unspecified atom stereocenters. The highest BCUT2D eigenvalue weighted by Crippen LogP contribution is 2.30. The number of benzene rings is 2. The average Bonchev–Trinajstić information content (AvgIpc) is 2.49. The zero-order valence-electron chi connectivity index (χ0n) is 12.0. The van der Waals surface area contributed by atoms with Crippen LogP contribution in [0.2, 0.25) is 5.02 Å². The first kappa shape index (κ1) is 16.6. The summed E-state index contributed by atoms with van der Waals surface area (Å²) in [5.74, 6) is 0.392. The number of aryl methyl sites for hydroxylation is 1. The highest BCUT2D eigenvalue weighted by atomic mass is 79.9. The molecule has 0 radical (unpaired) electrons. The van der Waals surface area contributed by atoms with Gasteiger partial charge in [0.05, 0.1) is 5.02 Å². The SMILES string of the molecule is Cc1cc(OC/C=C/C(=O)Nc2ccccc2)c(Cl)cc1Br. The third kappa shape index (κ3) is 4.90. The van der Waals surface area contributed by atoms with Crippen molar-refractivity contribution < 1.29 is 9.53 Å². The molecule has 0 saturated carbocycles. The van der Waals surface area contributed by atoms with Crippen LogP contribution in [0.15, 0.2) is 59.1 Å². The number of hydrogen-bond acceptors (Lipinski definition) is 2. The van der Waals surface area contributed by atoms with Crippen LogP contribution < -0.4 is 10.1 Å². The highest BCUT2D eigenvalue weighted by molar-refractivity contribution is 9.10. The summed E-state index contributed by atoms with van der Waals surface area (Å²) in [6.07, 6.45) is 3.08. The Bertz CT molecular complexity index is 687. The molecule has 0 bridgehead atoms. The van der Waals surface area contributed by atoms with Gasteiger partial charge in [-0.1, -0.05) is 45.7 Å². The highest BCUT2D eigenvalue weighted by Gasteiger charge is 2.04. The monoisotopic (exact) mass is 379 g/mol. The maximum absolute atomic E-state index is 11.7. The van der Waals surface area contributed by atoms with Crippen LogP contribution in [0.25, 0.3) is 0 Å². The fourth-order valence-electron chi connectivity index (χ4n) is 1.74. The lowest BCUT2D eigenvalue weighted by molar-refractivity contribution is -0.111. The number of carbonyl (C=O) groups is 1. The van der Waals surface area contributed by atoms with Gasteiger partial charge in [-0.25, -0.2) is 0 Å². The van der Waals surface area contributed by atoms with Crippen molar-refractivity contribution in [3.05, 3.63) is 69.7 Å². The number of rotatable bonds is 5. The van der Waals surface area contributed by atoms with Gasteiger partial charge in [0, 0.05) is 16.2 Å². The van der Waals surface area contributed by atoms with Crippen molar-refractivity contribution in [2.45, 2.75) is 6.92 Å². The summed E-state index contributed by atoms with van der Waals surface area (Å²) >= 11 is 9.50. The van der Waals surface area contributed by atoms with E-state index in [9.17, 15) is 4.79 Å². The van der Waals surface area contributed by atoms with Crippen LogP contribution in [0.4, 0.5) is 5.69 Å². The molecule has 0 heterocycles. The number of hydrogen-bond donors (Lipinski definition) is 1. The second-order valence-electron chi connectivity index (χ2n) is 4.60. The van der Waals surface area contributed by atoms with Gasteiger partial charge in [-0.05, 0) is 42.8 Å². The molecule has 22 heavy (non-hydrogen) atoms. The molecular weight excluding hydrogens is 366 g/mol. The lowest BCUT2D eigenvalue weighted by Gasteiger charge is -2.08. The molecule has 0 atom stereocenters. The Hall–Kier alpha value is -1.78. The lowest BCUT2D eigenvalue weighted by Crippen LogP contribution is -2.08. The van der Waals surface area contributed by atoms with Crippen LogP contribution in [0, 0.1) is 6.92 Å². The van der Waals surface area contributed by atoms with Gasteiger partial charge in [0.25, 0.3) is 0 Å². The van der Waals surface area contributed by atoms with Crippen LogP contribution >= 0.6 is 27.5 Å². The summed E-state index contributed by atoms with van der Waals surface area (Å²) in [6.45, 7) is 2.22. The minimum absolute atomic E-state index is 0.201. The van der Waals surface area contributed by atoms with Gasteiger partial charge in [0.15, 0.2) is 0 Å². The smallest absolute Gasteiger partial charge is 0.248 e. The molecule has 0 fully saturated rings. The first-order valence-corrected chi connectivity index (χ1v) is 7.84. The van der Waals surface area contributed by atoms with Crippen LogP contribution in [-0.4, -0.2) is 12.5 Å². The van der Waals surface area contributed by atoms with Crippen LogP contribution in [-0.2, 0) is 4.79 Å². The summed E-state index contributed by atoms with van der Waals surface area (Å²) in [5.41, 5.74) is 1.79. The van der Waals surface area contributed by atoms with Crippen molar-refractivity contribution in [1.29, 1.82) is 0 Å². The molecule has 2 rings (SSSR count). The molecular formula is C17H15BrClNO2. The second kappa shape index (κ2) is 8.01. The Morgan fingerprint density at radius 2 is 2.05 bits per heavy atom. The van der Waals surface area contributed by atoms with Crippen LogP contribution in [0.1, 0.15) is 5.56 Å². The van der Waals surface area contributed by atoms with E-state index in [1.807, 2.05) is 43.3 Å². The standard InChI is InChI=1S/C17H15BrClNO2/c1-12-10-16(15(19)11-14(12)18)22-9-5-8-17(21)20-13-6-3-2-4-7-13/h2-8,10-11H,9H2,1H3,(H,20,21)/b8-5+. The number of para-hydroxylation sites is 1. The molecule has 2 aromatic rings. The quantitative estimate of drug-likeness (QED) is 0.743. The van der Waals surface area contributed by atoms with E-state index in [0.717, 1.165) is 15.7 Å². The molecule has 0 aromatic heterocycles. The van der Waals surface area contributed by atoms with E-state index in [4.69, 9.17) is 16.3 Å². The Labute approximate surface area is 143 Å². The summed E-state index contributed by atoms with van der Waals surface area (Å²) in [4.78, 5) is 11.7. The fraction of sp³-hybridized carbons (Fsp3) is 0.118. The van der Waals surface area contributed by atoms with Crippen molar-refractivity contribution in [2.75, 3.05) is 11.9 Å². The minimum atomic E-state index is -0.201. The second-order valence-corrected chi connectivity index (χ2v) is 5.86. The lowest BCUT2D eigenvalue weighted by atomic mass is 10.2. The largest absolute Gasteiger partial charge is 0.488 e. The molecule has 114 valence electrons. The molecule has 2 aromatic carbocycles. The van der Waals surface area contributed by atoms with Crippen molar-refractivity contribution in [2.24, 2.45) is 0 Å². The van der Waals surface area contributed by atoms with Crippen molar-refractivity contribution in [3.8, 4) is 5.75 Å². The number of amides is 1. The van der Waals surface area contributed by atoms with Gasteiger partial charge in [-0.2, -0.15) is 0 Å². The van der Waals surface area contributed by atoms with Gasteiger partial charge in [0.2, 0.25) is 5.91 Å². The predicted octanol–water partition coefficient (Wildman–Crippen LogP) is 4.98. The first-order valence-electron chi connectivity index (χ1n) is 6.67. The van der Waals surface area contributed by atoms with Crippen molar-refractivity contribution in [3.63, 3.8) is 0 Å². The van der Waals surface area contributed by atoms with E-state index in [1.165, 1.54) is 6.08 Å². The Morgan fingerprint density at radius 3 is 2.77 bits per heavy atom. The zero-order valence-corrected chi connectivity index (χ0v) is 14.3. The molecule has 0 aliphatic carbocycles. The van der Waals surface area contributed by atoms with E-state index >= 15 is 0 Å². The van der Waals surface area contributed by atoms with Crippen molar-refractivity contribution >= 4 is 39.1 Å². The van der Waals surface area contributed by atoms with E-state index < -0.39 is 0 Å². The number of ether oxygens (including phenoxy) is 1. The topological polar surface area (TPSA) is 38.3 Å². The summed E-state index contributed by atoms with van der Waals surface area (Å²) < 4.78 is 6.49. The summed E-state index contributed by atoms with van der Waals surface area (Å²) in [7, 11) is 0. The predicted molar refractivity (Wildman–Crippen MR) is 93.6 cm³/mol. The maximum Gasteiger partial charge on any atom is 0.248 e. The third-order valence-corrected chi connectivity index (χ3v) is 4.01. The summed E-state index contributed by atoms with van der Waals surface area (Å²) in [6, 6.07) is 12.9. The zero-order chi connectivity index (χ0) is 15.9. The fourth-order valence-corrected chi connectivity index (χ4v) is 2.43. The number of halogens is 2. The van der Waals surface area contributed by atoms with Crippen molar-refractivity contribution in [1.82, 2.24) is 0 Å². The van der Waals surface area contributed by atoms with Gasteiger partial charge in [-0.15, -0.1) is 0 Å². The normalized spacial score (nSPS) is 10.7. The Morgan fingerprint density at radius 1 is 1.32 bits per heavy atom. The minimum Gasteiger partial charge on any atom is -0.488 e. The average molecular weight is 381 g/mol. The van der Waals surface area contributed by atoms with Gasteiger partial charge < -0.3 is 10.1 Å². The van der Waals surface area contributed by atoms with E-state index in [-0.39, 0.29) is 12.5 Å². The Balaban J connectivity index is 1.85.